The van der Waals surface area contributed by atoms with Gasteiger partial charge in [0.2, 0.25) is 17.7 Å². The highest BCUT2D eigenvalue weighted by Crippen LogP contribution is 2.48. The number of hydrogen-bond acceptors (Lipinski definition) is 15. The molecule has 4 aromatic rings. The van der Waals surface area contributed by atoms with Gasteiger partial charge in [0.15, 0.2) is 0 Å². The van der Waals surface area contributed by atoms with E-state index in [1.165, 1.54) is 17.2 Å². The van der Waals surface area contributed by atoms with Crippen molar-refractivity contribution in [2.75, 3.05) is 96.5 Å². The molecule has 8 rings (SSSR count). The van der Waals surface area contributed by atoms with Gasteiger partial charge in [0, 0.05) is 48.7 Å². The van der Waals surface area contributed by atoms with Crippen LogP contribution in [0.25, 0.3) is 11.1 Å². The number of aliphatic hydroxyl groups is 1. The zero-order valence-corrected chi connectivity index (χ0v) is 37.2. The monoisotopic (exact) mass is 920 g/mol. The van der Waals surface area contributed by atoms with Gasteiger partial charge in [-0.25, -0.2) is 0 Å². The number of rotatable bonds is 24. The van der Waals surface area contributed by atoms with Gasteiger partial charge in [-0.1, -0.05) is 24.3 Å². The molecule has 0 aliphatic carbocycles. The van der Waals surface area contributed by atoms with Crippen molar-refractivity contribution in [2.24, 2.45) is 5.92 Å². The fraction of sp³-hybridized carbons (Fsp3) is 0.429. The summed E-state index contributed by atoms with van der Waals surface area (Å²) in [6, 6.07) is 22.1. The molecule has 18 heteroatoms. The Labute approximate surface area is 388 Å². The van der Waals surface area contributed by atoms with E-state index in [1.807, 2.05) is 36.7 Å². The molecule has 0 bridgehead atoms. The SMILES string of the molecule is O=C1CCC(N2C(=O)c3cccc(OCCOCCOCCOCCOCCOCC(=O)Nc4cccc(-c5ccc6c(c5)[C@H]5[C@H](CCN5Cc5ccncc5)[C@@H](CO)N6)c4)c3C2=O)C(=O)N1. The Kier molecular flexibility index (Phi) is 16.3. The Hall–Kier alpha value is -6.12. The van der Waals surface area contributed by atoms with Crippen molar-refractivity contribution in [2.45, 2.75) is 43.9 Å². The van der Waals surface area contributed by atoms with Gasteiger partial charge < -0.3 is 44.2 Å². The molecule has 4 aliphatic heterocycles. The van der Waals surface area contributed by atoms with E-state index in [1.54, 1.807) is 12.1 Å². The molecule has 4 atom stereocenters. The maximum Gasteiger partial charge on any atom is 0.266 e. The molecule has 1 unspecified atom stereocenters. The van der Waals surface area contributed by atoms with E-state index in [-0.39, 0.29) is 86.7 Å². The molecule has 0 spiro atoms. The molecule has 1 aromatic heterocycles. The van der Waals surface area contributed by atoms with Gasteiger partial charge in [-0.2, -0.15) is 0 Å². The third-order valence-electron chi connectivity index (χ3n) is 12.2. The minimum absolute atomic E-state index is 0.00573. The molecule has 0 radical (unpaired) electrons. The maximum absolute atomic E-state index is 13.2. The highest BCUT2D eigenvalue weighted by Gasteiger charge is 2.46. The van der Waals surface area contributed by atoms with Crippen molar-refractivity contribution in [3.8, 4) is 16.9 Å². The average Bonchev–Trinajstić information content (AvgIpc) is 3.87. The third kappa shape index (κ3) is 11.7. The summed E-state index contributed by atoms with van der Waals surface area (Å²) in [6.07, 6.45) is 4.76. The Bertz CT molecular complexity index is 2390. The zero-order valence-electron chi connectivity index (χ0n) is 37.2. The van der Waals surface area contributed by atoms with Crippen LogP contribution in [0.4, 0.5) is 11.4 Å². The summed E-state index contributed by atoms with van der Waals surface area (Å²) in [6.45, 7) is 4.69. The van der Waals surface area contributed by atoms with Gasteiger partial charge in [0.25, 0.3) is 11.8 Å². The second-order valence-electron chi connectivity index (χ2n) is 16.6. The van der Waals surface area contributed by atoms with Gasteiger partial charge in [0.1, 0.15) is 25.0 Å². The first-order chi connectivity index (χ1) is 32.8. The number of ether oxygens (including phenoxy) is 6. The van der Waals surface area contributed by atoms with Crippen molar-refractivity contribution in [3.63, 3.8) is 0 Å². The Balaban J connectivity index is 0.656. The van der Waals surface area contributed by atoms with Crippen molar-refractivity contribution in [3.05, 3.63) is 107 Å². The minimum Gasteiger partial charge on any atom is -0.490 e. The van der Waals surface area contributed by atoms with Crippen LogP contribution in [0, 0.1) is 5.92 Å². The number of nitrogens with one attached hydrogen (secondary N) is 3. The Morgan fingerprint density at radius 2 is 1.45 bits per heavy atom. The lowest BCUT2D eigenvalue weighted by Crippen LogP contribution is -2.54. The first kappa shape index (κ1) is 47.4. The number of benzene rings is 3. The number of carbonyl (C=O) groups excluding carboxylic acids is 5. The smallest absolute Gasteiger partial charge is 0.266 e. The second-order valence-corrected chi connectivity index (χ2v) is 16.6. The van der Waals surface area contributed by atoms with Crippen molar-refractivity contribution < 1.29 is 57.5 Å². The van der Waals surface area contributed by atoms with E-state index in [0.717, 1.165) is 41.2 Å². The van der Waals surface area contributed by atoms with Crippen LogP contribution < -0.4 is 20.7 Å². The second kappa shape index (κ2) is 23.1. The summed E-state index contributed by atoms with van der Waals surface area (Å²) in [5, 5.41) is 18.9. The van der Waals surface area contributed by atoms with Crippen molar-refractivity contribution >= 4 is 40.9 Å². The van der Waals surface area contributed by atoms with Gasteiger partial charge in [-0.05, 0) is 90.2 Å². The maximum atomic E-state index is 13.2. The van der Waals surface area contributed by atoms with Gasteiger partial charge in [0.05, 0.1) is 83.2 Å². The fourth-order valence-corrected chi connectivity index (χ4v) is 9.07. The summed E-state index contributed by atoms with van der Waals surface area (Å²) in [5.74, 6) is -2.10. The molecule has 0 saturated carbocycles. The number of nitrogens with zero attached hydrogens (tertiary/aromatic N) is 3. The first-order valence-electron chi connectivity index (χ1n) is 22.7. The number of likely N-dealkylation sites (tertiary alicyclic amines) is 1. The highest BCUT2D eigenvalue weighted by atomic mass is 16.6. The minimum atomic E-state index is -1.05. The molecule has 4 aliphatic rings. The lowest BCUT2D eigenvalue weighted by atomic mass is 9.82. The summed E-state index contributed by atoms with van der Waals surface area (Å²) in [5.41, 5.74) is 6.39. The van der Waals surface area contributed by atoms with Gasteiger partial charge in [-0.15, -0.1) is 0 Å². The quantitative estimate of drug-likeness (QED) is 0.0584. The number of imide groups is 2. The normalized spacial score (nSPS) is 20.0. The van der Waals surface area contributed by atoms with E-state index in [2.05, 4.69) is 56.2 Å². The van der Waals surface area contributed by atoms with Crippen LogP contribution in [0.2, 0.25) is 0 Å². The highest BCUT2D eigenvalue weighted by molar-refractivity contribution is 6.24. The van der Waals surface area contributed by atoms with E-state index >= 15 is 0 Å². The predicted octanol–water partition coefficient (Wildman–Crippen LogP) is 3.60. The standard InChI is InChI=1S/C49H56N6O12/c56-30-40-36-13-16-54(29-32-11-14-50-15-12-32)46(36)38-28-34(7-8-39(38)52-40)33-3-1-4-35(27-33)51-44(58)31-66-24-23-64-20-19-62-17-18-63-21-22-65-25-26-67-42-6-2-5-37-45(42)49(61)55(48(37)60)41-9-10-43(57)53-47(41)59/h1-8,11-12,14-15,27-28,36,40-41,46,52,56H,9-10,13,16-26,29-31H2,(H,51,58)(H,53,57,59)/t36-,40-,41?,46-/m1/s1. The van der Waals surface area contributed by atoms with E-state index < -0.39 is 29.7 Å². The molecule has 5 heterocycles. The van der Waals surface area contributed by atoms with Crippen LogP contribution in [-0.4, -0.2) is 147 Å². The summed E-state index contributed by atoms with van der Waals surface area (Å²) in [4.78, 5) is 70.4. The first-order valence-corrected chi connectivity index (χ1v) is 22.7. The Morgan fingerprint density at radius 1 is 0.761 bits per heavy atom. The number of anilines is 2. The molecule has 3 aromatic carbocycles. The summed E-state index contributed by atoms with van der Waals surface area (Å²) >= 11 is 0. The van der Waals surface area contributed by atoms with Crippen molar-refractivity contribution in [1.82, 2.24) is 20.1 Å². The van der Waals surface area contributed by atoms with E-state index in [4.69, 9.17) is 28.4 Å². The number of aromatic nitrogens is 1. The molecular weight excluding hydrogens is 865 g/mol. The molecule has 18 nitrogen and oxygen atoms in total. The fourth-order valence-electron chi connectivity index (χ4n) is 9.07. The number of aliphatic hydroxyl groups excluding tert-OH is 1. The number of piperidine rings is 1. The number of hydrogen-bond donors (Lipinski definition) is 4. The van der Waals surface area contributed by atoms with Gasteiger partial charge >= 0.3 is 0 Å². The lowest BCUT2D eigenvalue weighted by molar-refractivity contribution is -0.136. The largest absolute Gasteiger partial charge is 0.490 e. The zero-order chi connectivity index (χ0) is 46.5. The van der Waals surface area contributed by atoms with Gasteiger partial charge in [-0.3, -0.25) is 44.1 Å². The Morgan fingerprint density at radius 3 is 2.16 bits per heavy atom. The molecule has 2 saturated heterocycles. The van der Waals surface area contributed by atoms with E-state index in [9.17, 15) is 29.1 Å². The predicted molar refractivity (Wildman–Crippen MR) is 243 cm³/mol. The third-order valence-corrected chi connectivity index (χ3v) is 12.2. The topological polar surface area (TPSA) is 216 Å². The van der Waals surface area contributed by atoms with Crippen LogP contribution in [0.5, 0.6) is 5.75 Å². The van der Waals surface area contributed by atoms with Crippen LogP contribution in [0.3, 0.4) is 0 Å². The number of fused-ring (bicyclic) bond motifs is 4. The van der Waals surface area contributed by atoms with Crippen molar-refractivity contribution in [1.29, 1.82) is 0 Å². The summed E-state index contributed by atoms with van der Waals surface area (Å²) < 4.78 is 33.5. The molecular formula is C49H56N6O12. The average molecular weight is 921 g/mol. The van der Waals surface area contributed by atoms with Crippen LogP contribution >= 0.6 is 0 Å². The molecule has 5 amide bonds. The number of pyridine rings is 1. The van der Waals surface area contributed by atoms with E-state index in [0.29, 0.717) is 51.9 Å². The lowest BCUT2D eigenvalue weighted by Gasteiger charge is -2.39. The number of amides is 5. The molecule has 354 valence electrons. The van der Waals surface area contributed by atoms with Crippen LogP contribution in [0.15, 0.2) is 85.2 Å². The molecule has 4 N–H and O–H groups in total. The number of carbonyl (C=O) groups is 5. The van der Waals surface area contributed by atoms with Crippen LogP contribution in [0.1, 0.15) is 57.1 Å². The molecule has 67 heavy (non-hydrogen) atoms. The summed E-state index contributed by atoms with van der Waals surface area (Å²) in [7, 11) is 0. The van der Waals surface area contributed by atoms with Crippen LogP contribution in [-0.2, 0) is 44.6 Å². The molecule has 2 fully saturated rings.